The maximum atomic E-state index is 11.6. The van der Waals surface area contributed by atoms with E-state index in [0.29, 0.717) is 30.2 Å². The van der Waals surface area contributed by atoms with Crippen LogP contribution in [0.2, 0.25) is 0 Å². The maximum Gasteiger partial charge on any atom is 0.414 e. The van der Waals surface area contributed by atoms with Crippen molar-refractivity contribution < 1.29 is 34.1 Å². The Balaban J connectivity index is 0.000000660. The number of carbonyl (C=O) groups excluding carboxylic acids is 1. The maximum absolute atomic E-state index is 11.6. The van der Waals surface area contributed by atoms with Crippen molar-refractivity contribution in [1.82, 2.24) is 9.80 Å². The first-order chi connectivity index (χ1) is 12.1. The average molecular weight is 368 g/mol. The minimum Gasteiger partial charge on any atom is -0.497 e. The summed E-state index contributed by atoms with van der Waals surface area (Å²) in [4.78, 5) is 34.1. The quantitative estimate of drug-likeness (QED) is 0.726. The Bertz CT molecular complexity index is 639. The standard InChI is InChI=1S/C13H20N2O3.C4H4O4/c1-14(2)9-10-6-7-11(17-5)8-12(10)18-13(16)15(3)4;5-3(6)1-2-4(7)8/h6-8H,9H2,1-5H3;1-2H,(H,5,6)(H,7,8)/b;2-1+. The predicted octanol–water partition coefficient (Wildman–Crippen LogP) is 1.53. The van der Waals surface area contributed by atoms with Gasteiger partial charge in [0.2, 0.25) is 0 Å². The Hall–Kier alpha value is -3.07. The van der Waals surface area contributed by atoms with E-state index in [9.17, 15) is 14.4 Å². The van der Waals surface area contributed by atoms with E-state index in [2.05, 4.69) is 0 Å². The third-order valence-electron chi connectivity index (χ3n) is 2.69. The number of ether oxygens (including phenoxy) is 2. The van der Waals surface area contributed by atoms with Gasteiger partial charge in [0, 0.05) is 44.4 Å². The zero-order valence-corrected chi connectivity index (χ0v) is 15.4. The van der Waals surface area contributed by atoms with Crippen LogP contribution in [0.25, 0.3) is 0 Å². The smallest absolute Gasteiger partial charge is 0.414 e. The summed E-state index contributed by atoms with van der Waals surface area (Å²) < 4.78 is 10.5. The van der Waals surface area contributed by atoms with Gasteiger partial charge >= 0.3 is 18.0 Å². The first-order valence-electron chi connectivity index (χ1n) is 7.41. The fourth-order valence-corrected chi connectivity index (χ4v) is 1.56. The molecule has 144 valence electrons. The van der Waals surface area contributed by atoms with E-state index < -0.39 is 18.0 Å². The SMILES string of the molecule is COc1ccc(CN(C)C)c(OC(=O)N(C)C)c1.O=C(O)/C=C/C(=O)O. The predicted molar refractivity (Wildman–Crippen MR) is 94.5 cm³/mol. The lowest BCUT2D eigenvalue weighted by molar-refractivity contribution is -0.134. The van der Waals surface area contributed by atoms with Gasteiger partial charge in [-0.2, -0.15) is 0 Å². The Morgan fingerprint density at radius 2 is 1.58 bits per heavy atom. The van der Waals surface area contributed by atoms with Gasteiger partial charge in [0.25, 0.3) is 0 Å². The zero-order chi connectivity index (χ0) is 20.3. The van der Waals surface area contributed by atoms with Crippen LogP contribution in [-0.2, 0) is 16.1 Å². The molecular weight excluding hydrogens is 344 g/mol. The molecule has 0 aliphatic carbocycles. The van der Waals surface area contributed by atoms with Gasteiger partial charge in [-0.05, 0) is 20.2 Å². The number of methoxy groups -OCH3 is 1. The molecule has 0 aliphatic heterocycles. The molecule has 0 saturated heterocycles. The molecule has 0 aromatic heterocycles. The topological polar surface area (TPSA) is 117 Å². The van der Waals surface area contributed by atoms with Gasteiger partial charge < -0.3 is 29.5 Å². The monoisotopic (exact) mass is 368 g/mol. The molecule has 0 spiro atoms. The summed E-state index contributed by atoms with van der Waals surface area (Å²) in [6.45, 7) is 0.694. The summed E-state index contributed by atoms with van der Waals surface area (Å²) in [6, 6.07) is 5.48. The van der Waals surface area contributed by atoms with Crippen LogP contribution in [0.15, 0.2) is 30.4 Å². The molecule has 2 N–H and O–H groups in total. The normalized spacial score (nSPS) is 10.1. The third-order valence-corrected chi connectivity index (χ3v) is 2.69. The number of carboxylic acids is 2. The lowest BCUT2D eigenvalue weighted by Gasteiger charge is -2.17. The molecule has 1 aromatic carbocycles. The fraction of sp³-hybridized carbons (Fsp3) is 0.353. The Kier molecular flexibility index (Phi) is 10.1. The highest BCUT2D eigenvalue weighted by atomic mass is 16.6. The highest BCUT2D eigenvalue weighted by molar-refractivity contribution is 5.89. The first-order valence-corrected chi connectivity index (χ1v) is 7.41. The molecule has 1 aromatic rings. The number of aliphatic carboxylic acids is 2. The Labute approximate surface area is 152 Å². The van der Waals surface area contributed by atoms with Crippen LogP contribution in [0, 0.1) is 0 Å². The molecule has 9 nitrogen and oxygen atoms in total. The van der Waals surface area contributed by atoms with Crippen LogP contribution < -0.4 is 9.47 Å². The van der Waals surface area contributed by atoms with Gasteiger partial charge in [-0.1, -0.05) is 6.07 Å². The molecule has 0 unspecified atom stereocenters. The second kappa shape index (κ2) is 11.5. The third kappa shape index (κ3) is 9.93. The van der Waals surface area contributed by atoms with Crippen LogP contribution >= 0.6 is 0 Å². The number of benzene rings is 1. The summed E-state index contributed by atoms with van der Waals surface area (Å²) in [7, 11) is 8.80. The van der Waals surface area contributed by atoms with Gasteiger partial charge in [-0.25, -0.2) is 14.4 Å². The highest BCUT2D eigenvalue weighted by Crippen LogP contribution is 2.26. The van der Waals surface area contributed by atoms with Crippen molar-refractivity contribution in [3.05, 3.63) is 35.9 Å². The molecule has 26 heavy (non-hydrogen) atoms. The van der Waals surface area contributed by atoms with E-state index >= 15 is 0 Å². The number of carboxylic acid groups (broad SMARTS) is 2. The largest absolute Gasteiger partial charge is 0.497 e. The molecule has 1 rings (SSSR count). The molecule has 9 heteroatoms. The van der Waals surface area contributed by atoms with E-state index in [-0.39, 0.29) is 0 Å². The molecule has 0 aliphatic rings. The molecule has 0 heterocycles. The number of amides is 1. The summed E-state index contributed by atoms with van der Waals surface area (Å²) in [5.74, 6) is -1.32. The summed E-state index contributed by atoms with van der Waals surface area (Å²) in [5, 5.41) is 15.6. The van der Waals surface area contributed by atoms with Crippen molar-refractivity contribution >= 4 is 18.0 Å². The van der Waals surface area contributed by atoms with Gasteiger partial charge in [0.05, 0.1) is 7.11 Å². The van der Waals surface area contributed by atoms with Crippen LogP contribution in [0.3, 0.4) is 0 Å². The van der Waals surface area contributed by atoms with Gasteiger partial charge in [-0.3, -0.25) is 0 Å². The minimum atomic E-state index is -1.26. The van der Waals surface area contributed by atoms with E-state index in [1.54, 1.807) is 27.3 Å². The summed E-state index contributed by atoms with van der Waals surface area (Å²) in [5.41, 5.74) is 0.941. The van der Waals surface area contributed by atoms with Crippen LogP contribution in [0.4, 0.5) is 4.79 Å². The minimum absolute atomic E-state index is 0.400. The summed E-state index contributed by atoms with van der Waals surface area (Å²) in [6.07, 6.45) is 0.716. The molecular formula is C17H24N2O7. The van der Waals surface area contributed by atoms with Crippen LogP contribution in [0.5, 0.6) is 11.5 Å². The van der Waals surface area contributed by atoms with E-state index in [1.807, 2.05) is 31.1 Å². The van der Waals surface area contributed by atoms with Crippen molar-refractivity contribution in [3.8, 4) is 11.5 Å². The molecule has 0 bridgehead atoms. The number of nitrogens with zero attached hydrogens (tertiary/aromatic N) is 2. The Morgan fingerprint density at radius 1 is 1.04 bits per heavy atom. The van der Waals surface area contributed by atoms with Crippen molar-refractivity contribution in [1.29, 1.82) is 0 Å². The average Bonchev–Trinajstić information content (AvgIpc) is 2.54. The molecule has 0 radical (unpaired) electrons. The van der Waals surface area contributed by atoms with Crippen LogP contribution in [-0.4, -0.2) is 73.3 Å². The molecule has 0 fully saturated rings. The van der Waals surface area contributed by atoms with E-state index in [4.69, 9.17) is 19.7 Å². The van der Waals surface area contributed by atoms with Crippen molar-refractivity contribution in [2.75, 3.05) is 35.3 Å². The van der Waals surface area contributed by atoms with Crippen molar-refractivity contribution in [3.63, 3.8) is 0 Å². The molecule has 1 amide bonds. The van der Waals surface area contributed by atoms with Gasteiger partial charge in [-0.15, -0.1) is 0 Å². The second-order valence-corrected chi connectivity index (χ2v) is 5.48. The lowest BCUT2D eigenvalue weighted by Crippen LogP contribution is -2.26. The van der Waals surface area contributed by atoms with Gasteiger partial charge in [0.1, 0.15) is 11.5 Å². The van der Waals surface area contributed by atoms with Gasteiger partial charge in [0.15, 0.2) is 0 Å². The van der Waals surface area contributed by atoms with Crippen LogP contribution in [0.1, 0.15) is 5.56 Å². The van der Waals surface area contributed by atoms with Crippen molar-refractivity contribution in [2.45, 2.75) is 6.54 Å². The van der Waals surface area contributed by atoms with E-state index in [1.165, 1.54) is 4.90 Å². The van der Waals surface area contributed by atoms with E-state index in [0.717, 1.165) is 5.56 Å². The zero-order valence-electron chi connectivity index (χ0n) is 15.4. The Morgan fingerprint density at radius 3 is 1.96 bits per heavy atom. The number of carbonyl (C=O) groups is 3. The molecule has 0 saturated carbocycles. The van der Waals surface area contributed by atoms with Crippen molar-refractivity contribution in [2.24, 2.45) is 0 Å². The second-order valence-electron chi connectivity index (χ2n) is 5.48. The number of rotatable bonds is 6. The highest BCUT2D eigenvalue weighted by Gasteiger charge is 2.12. The molecule has 0 atom stereocenters. The first kappa shape index (κ1) is 22.9. The summed E-state index contributed by atoms with van der Waals surface area (Å²) >= 11 is 0. The fourth-order valence-electron chi connectivity index (χ4n) is 1.56. The number of hydrogen-bond acceptors (Lipinski definition) is 6. The lowest BCUT2D eigenvalue weighted by atomic mass is 10.2. The number of hydrogen-bond donors (Lipinski definition) is 2.